The molecular weight excluding hydrogens is 402 g/mol. The second kappa shape index (κ2) is 11.2. The second-order valence-corrected chi connectivity index (χ2v) is 7.70. The highest BCUT2D eigenvalue weighted by Gasteiger charge is 2.18. The van der Waals surface area contributed by atoms with E-state index in [0.717, 1.165) is 57.7 Å². The van der Waals surface area contributed by atoms with Gasteiger partial charge in [0.15, 0.2) is 5.96 Å². The van der Waals surface area contributed by atoms with Crippen LogP contribution in [0.4, 0.5) is 5.95 Å². The average molecular weight is 434 g/mol. The lowest BCUT2D eigenvalue weighted by Crippen LogP contribution is -2.49. The fourth-order valence-electron chi connectivity index (χ4n) is 3.81. The number of hydrogen-bond donors (Lipinski definition) is 2. The number of benzene rings is 1. The van der Waals surface area contributed by atoms with Crippen LogP contribution < -0.4 is 15.5 Å². The zero-order valence-electron chi connectivity index (χ0n) is 18.6. The minimum absolute atomic E-state index is 0.715. The van der Waals surface area contributed by atoms with Crippen molar-refractivity contribution in [3.8, 4) is 0 Å². The van der Waals surface area contributed by atoms with Crippen LogP contribution in [0, 0.1) is 0 Å². The van der Waals surface area contributed by atoms with Gasteiger partial charge in [-0.3, -0.25) is 14.6 Å². The fraction of sp³-hybridized carbons (Fsp3) is 0.391. The summed E-state index contributed by atoms with van der Waals surface area (Å²) in [5.74, 6) is 1.64. The number of nitrogens with one attached hydrogen (secondary N) is 2. The molecule has 0 spiro atoms. The SMILES string of the molecule is CN=C(NCCN1CCN(c2ncccn2)CC1)NCc1ccccc1Cn1cccn1. The fourth-order valence-corrected chi connectivity index (χ4v) is 3.81. The molecule has 0 aliphatic carbocycles. The van der Waals surface area contributed by atoms with E-state index in [9.17, 15) is 0 Å². The summed E-state index contributed by atoms with van der Waals surface area (Å²) in [6.07, 6.45) is 7.39. The van der Waals surface area contributed by atoms with Crippen molar-refractivity contribution in [1.29, 1.82) is 0 Å². The van der Waals surface area contributed by atoms with Crippen molar-refractivity contribution in [3.05, 3.63) is 72.3 Å². The molecule has 1 aliphatic rings. The molecule has 9 nitrogen and oxygen atoms in total. The molecule has 0 saturated carbocycles. The molecule has 32 heavy (non-hydrogen) atoms. The molecule has 0 atom stereocenters. The van der Waals surface area contributed by atoms with Crippen molar-refractivity contribution in [1.82, 2.24) is 35.3 Å². The van der Waals surface area contributed by atoms with Gasteiger partial charge in [-0.2, -0.15) is 5.10 Å². The average Bonchev–Trinajstić information content (AvgIpc) is 3.36. The largest absolute Gasteiger partial charge is 0.355 e. The number of aromatic nitrogens is 4. The molecule has 3 heterocycles. The predicted octanol–water partition coefficient (Wildman–Crippen LogP) is 1.21. The Morgan fingerprint density at radius 2 is 1.72 bits per heavy atom. The number of rotatable bonds is 8. The third-order valence-electron chi connectivity index (χ3n) is 5.61. The van der Waals surface area contributed by atoms with Gasteiger partial charge in [0.2, 0.25) is 5.95 Å². The summed E-state index contributed by atoms with van der Waals surface area (Å²) >= 11 is 0. The first kappa shape index (κ1) is 21.8. The van der Waals surface area contributed by atoms with E-state index in [4.69, 9.17) is 0 Å². The minimum Gasteiger partial charge on any atom is -0.355 e. The Kier molecular flexibility index (Phi) is 7.64. The van der Waals surface area contributed by atoms with E-state index in [-0.39, 0.29) is 0 Å². The van der Waals surface area contributed by atoms with Crippen molar-refractivity contribution in [2.24, 2.45) is 4.99 Å². The Balaban J connectivity index is 1.19. The van der Waals surface area contributed by atoms with Crippen LogP contribution >= 0.6 is 0 Å². The van der Waals surface area contributed by atoms with Crippen molar-refractivity contribution in [2.75, 3.05) is 51.2 Å². The maximum atomic E-state index is 4.38. The summed E-state index contributed by atoms with van der Waals surface area (Å²) in [6.45, 7) is 7.20. The first-order valence-electron chi connectivity index (χ1n) is 11.0. The number of anilines is 1. The summed E-state index contributed by atoms with van der Waals surface area (Å²) in [5, 5.41) is 11.2. The number of guanidine groups is 1. The molecule has 1 aromatic carbocycles. The number of nitrogens with zero attached hydrogens (tertiary/aromatic N) is 7. The molecule has 0 unspecified atom stereocenters. The van der Waals surface area contributed by atoms with Crippen molar-refractivity contribution >= 4 is 11.9 Å². The summed E-state index contributed by atoms with van der Waals surface area (Å²) in [5.41, 5.74) is 2.49. The van der Waals surface area contributed by atoms with Gasteiger partial charge in [0.25, 0.3) is 0 Å². The Morgan fingerprint density at radius 1 is 0.938 bits per heavy atom. The van der Waals surface area contributed by atoms with Gasteiger partial charge in [-0.15, -0.1) is 0 Å². The molecular formula is C23H31N9. The lowest BCUT2D eigenvalue weighted by Gasteiger charge is -2.34. The monoisotopic (exact) mass is 433 g/mol. The van der Waals surface area contributed by atoms with Gasteiger partial charge < -0.3 is 15.5 Å². The predicted molar refractivity (Wildman–Crippen MR) is 127 cm³/mol. The molecule has 2 N–H and O–H groups in total. The summed E-state index contributed by atoms with van der Waals surface area (Å²) in [4.78, 5) is 17.8. The van der Waals surface area contributed by atoms with Gasteiger partial charge in [-0.25, -0.2) is 9.97 Å². The van der Waals surface area contributed by atoms with Crippen LogP contribution in [0.5, 0.6) is 0 Å². The van der Waals surface area contributed by atoms with Crippen LogP contribution in [0.2, 0.25) is 0 Å². The zero-order chi connectivity index (χ0) is 22.0. The van der Waals surface area contributed by atoms with E-state index in [1.54, 1.807) is 12.4 Å². The van der Waals surface area contributed by atoms with Gasteiger partial charge >= 0.3 is 0 Å². The van der Waals surface area contributed by atoms with Crippen LogP contribution in [0.15, 0.2) is 66.2 Å². The van der Waals surface area contributed by atoms with Crippen LogP contribution in [0.3, 0.4) is 0 Å². The highest BCUT2D eigenvalue weighted by molar-refractivity contribution is 5.79. The molecule has 2 aromatic heterocycles. The topological polar surface area (TPSA) is 86.5 Å². The Hall–Kier alpha value is -3.46. The third-order valence-corrected chi connectivity index (χ3v) is 5.61. The van der Waals surface area contributed by atoms with Gasteiger partial charge in [-0.1, -0.05) is 24.3 Å². The lowest BCUT2D eigenvalue weighted by molar-refractivity contribution is 0.260. The molecule has 1 saturated heterocycles. The van der Waals surface area contributed by atoms with E-state index >= 15 is 0 Å². The standard InChI is InChI=1S/C23H31N9/c1-24-22(28-18-20-6-2-3-7-21(20)19-32-12-5-10-29-32)25-11-13-30-14-16-31(17-15-30)23-26-8-4-9-27-23/h2-10,12H,11,13-19H2,1H3,(H2,24,25,28). The molecule has 1 aliphatic heterocycles. The van der Waals surface area contributed by atoms with Crippen molar-refractivity contribution in [3.63, 3.8) is 0 Å². The highest BCUT2D eigenvalue weighted by Crippen LogP contribution is 2.11. The van der Waals surface area contributed by atoms with Gasteiger partial charge in [0.1, 0.15) is 0 Å². The van der Waals surface area contributed by atoms with Crippen molar-refractivity contribution in [2.45, 2.75) is 13.1 Å². The molecule has 0 radical (unpaired) electrons. The molecule has 1 fully saturated rings. The Bertz CT molecular complexity index is 964. The summed E-state index contributed by atoms with van der Waals surface area (Å²) in [6, 6.07) is 12.2. The quantitative estimate of drug-likeness (QED) is 0.408. The maximum Gasteiger partial charge on any atom is 0.225 e. The summed E-state index contributed by atoms with van der Waals surface area (Å²) < 4.78 is 1.94. The van der Waals surface area contributed by atoms with E-state index in [0.29, 0.717) is 6.54 Å². The van der Waals surface area contributed by atoms with Gasteiger partial charge in [-0.05, 0) is 23.3 Å². The van der Waals surface area contributed by atoms with Crippen LogP contribution in [-0.2, 0) is 13.1 Å². The highest BCUT2D eigenvalue weighted by atomic mass is 15.3. The number of hydrogen-bond acceptors (Lipinski definition) is 6. The van der Waals surface area contributed by atoms with Crippen LogP contribution in [-0.4, -0.2) is 76.9 Å². The second-order valence-electron chi connectivity index (χ2n) is 7.70. The van der Waals surface area contributed by atoms with Crippen LogP contribution in [0.25, 0.3) is 0 Å². The van der Waals surface area contributed by atoms with Gasteiger partial charge in [0.05, 0.1) is 6.54 Å². The normalized spacial score (nSPS) is 15.0. The first-order chi connectivity index (χ1) is 15.8. The third kappa shape index (κ3) is 6.04. The molecule has 0 amide bonds. The molecule has 0 bridgehead atoms. The summed E-state index contributed by atoms with van der Waals surface area (Å²) in [7, 11) is 1.81. The molecule has 9 heteroatoms. The molecule has 168 valence electrons. The molecule has 3 aromatic rings. The first-order valence-corrected chi connectivity index (χ1v) is 11.0. The minimum atomic E-state index is 0.715. The van der Waals surface area contributed by atoms with Crippen molar-refractivity contribution < 1.29 is 0 Å². The van der Waals surface area contributed by atoms with E-state index in [1.807, 2.05) is 36.3 Å². The van der Waals surface area contributed by atoms with E-state index in [2.05, 4.69) is 64.8 Å². The molecule has 4 rings (SSSR count). The Morgan fingerprint density at radius 3 is 2.44 bits per heavy atom. The lowest BCUT2D eigenvalue weighted by atomic mass is 10.1. The smallest absolute Gasteiger partial charge is 0.225 e. The Labute approximate surface area is 189 Å². The maximum absolute atomic E-state index is 4.38. The van der Waals surface area contributed by atoms with Gasteiger partial charge in [0, 0.05) is 77.6 Å². The number of piperazine rings is 1. The number of aliphatic imine (C=N–C) groups is 1. The van der Waals surface area contributed by atoms with Crippen LogP contribution in [0.1, 0.15) is 11.1 Å². The van der Waals surface area contributed by atoms with E-state index in [1.165, 1.54) is 11.1 Å². The van der Waals surface area contributed by atoms with E-state index < -0.39 is 0 Å². The zero-order valence-corrected chi connectivity index (χ0v) is 18.6.